The van der Waals surface area contributed by atoms with Gasteiger partial charge in [0.05, 0.1) is 25.9 Å². The highest BCUT2D eigenvalue weighted by Gasteiger charge is 2.20. The Labute approximate surface area is 260 Å². The molecule has 0 aliphatic carbocycles. The van der Waals surface area contributed by atoms with Crippen LogP contribution in [-0.4, -0.2) is 47.9 Å². The number of ether oxygens (including phenoxy) is 4. The first kappa shape index (κ1) is 29.8. The number of benzene rings is 2. The van der Waals surface area contributed by atoms with Gasteiger partial charge in [-0.25, -0.2) is 4.98 Å². The number of carbonyl (C=O) groups is 1. The predicted molar refractivity (Wildman–Crippen MR) is 172 cm³/mol. The van der Waals surface area contributed by atoms with Gasteiger partial charge < -0.3 is 28.8 Å². The number of hydrogen-bond acceptors (Lipinski definition) is 8. The molecule has 1 aliphatic heterocycles. The summed E-state index contributed by atoms with van der Waals surface area (Å²) in [6, 6.07) is 16.4. The summed E-state index contributed by atoms with van der Waals surface area (Å²) < 4.78 is 24.4. The monoisotopic (exact) mass is 606 g/mol. The Hall–Kier alpha value is -5.22. The third-order valence-electron chi connectivity index (χ3n) is 7.91. The molecule has 1 aliphatic rings. The number of amides is 1. The smallest absolute Gasteiger partial charge is 0.262 e. The number of anilines is 1. The minimum Gasteiger partial charge on any atom is -0.493 e. The lowest BCUT2D eigenvalue weighted by molar-refractivity contribution is 0.0612. The second kappa shape index (κ2) is 13.2. The van der Waals surface area contributed by atoms with Crippen LogP contribution in [0.3, 0.4) is 0 Å². The molecule has 1 N–H and O–H groups in total. The summed E-state index contributed by atoms with van der Waals surface area (Å²) in [4.78, 5) is 35.9. The number of rotatable bonds is 9. The van der Waals surface area contributed by atoms with Crippen LogP contribution in [-0.2, 0) is 11.3 Å². The van der Waals surface area contributed by atoms with E-state index in [1.165, 1.54) is 6.20 Å². The number of pyridine rings is 3. The van der Waals surface area contributed by atoms with Crippen molar-refractivity contribution in [2.75, 3.05) is 32.8 Å². The summed E-state index contributed by atoms with van der Waals surface area (Å²) >= 11 is 0. The van der Waals surface area contributed by atoms with E-state index in [-0.39, 0.29) is 16.8 Å². The Bertz CT molecular complexity index is 1880. The van der Waals surface area contributed by atoms with Crippen molar-refractivity contribution in [1.29, 1.82) is 0 Å². The molecule has 1 fully saturated rings. The Kier molecular flexibility index (Phi) is 8.74. The molecule has 0 spiro atoms. The minimum atomic E-state index is -0.531. The van der Waals surface area contributed by atoms with Gasteiger partial charge >= 0.3 is 0 Å². The van der Waals surface area contributed by atoms with Crippen LogP contribution in [0.15, 0.2) is 84.2 Å². The third kappa shape index (κ3) is 6.66. The number of nitrogens with one attached hydrogen (secondary N) is 1. The number of hydrogen-bond donors (Lipinski definition) is 1. The average molecular weight is 607 g/mol. The minimum absolute atomic E-state index is 0.0508. The molecule has 0 saturated carbocycles. The molecule has 1 amide bonds. The van der Waals surface area contributed by atoms with Gasteiger partial charge in [-0.05, 0) is 55.5 Å². The maximum absolute atomic E-state index is 13.6. The van der Waals surface area contributed by atoms with Crippen molar-refractivity contribution in [3.8, 4) is 34.1 Å². The molecule has 4 heterocycles. The lowest BCUT2D eigenvalue weighted by atomic mass is 9.99. The summed E-state index contributed by atoms with van der Waals surface area (Å²) in [6.45, 7) is 4.12. The highest BCUT2D eigenvalue weighted by molar-refractivity contribution is 6.04. The molecule has 0 radical (unpaired) electrons. The Morgan fingerprint density at radius 1 is 0.956 bits per heavy atom. The molecule has 10 nitrogen and oxygen atoms in total. The molecule has 0 atom stereocenters. The van der Waals surface area contributed by atoms with Gasteiger partial charge in [0.2, 0.25) is 5.43 Å². The summed E-state index contributed by atoms with van der Waals surface area (Å²) in [5.74, 6) is 2.28. The van der Waals surface area contributed by atoms with Gasteiger partial charge in [0.1, 0.15) is 22.9 Å². The normalized spacial score (nSPS) is 13.4. The average Bonchev–Trinajstić information content (AvgIpc) is 3.06. The predicted octanol–water partition coefficient (Wildman–Crippen LogP) is 6.26. The highest BCUT2D eigenvalue weighted by atomic mass is 16.5. The van der Waals surface area contributed by atoms with E-state index in [0.717, 1.165) is 29.4 Å². The zero-order valence-electron chi connectivity index (χ0n) is 25.4. The number of nitrogens with zero attached hydrogens (tertiary/aromatic N) is 3. The van der Waals surface area contributed by atoms with E-state index in [2.05, 4.69) is 15.3 Å². The highest BCUT2D eigenvalue weighted by Crippen LogP contribution is 2.36. The van der Waals surface area contributed by atoms with E-state index < -0.39 is 5.91 Å². The Morgan fingerprint density at radius 3 is 2.42 bits per heavy atom. The van der Waals surface area contributed by atoms with Gasteiger partial charge in [-0.15, -0.1) is 0 Å². The van der Waals surface area contributed by atoms with Gasteiger partial charge in [-0.2, -0.15) is 0 Å². The van der Waals surface area contributed by atoms with E-state index in [1.54, 1.807) is 56.9 Å². The summed E-state index contributed by atoms with van der Waals surface area (Å²) in [7, 11) is 3.14. The van der Waals surface area contributed by atoms with E-state index in [4.69, 9.17) is 18.9 Å². The number of fused-ring (bicyclic) bond motifs is 1. The molecule has 0 bridgehead atoms. The van der Waals surface area contributed by atoms with Gasteiger partial charge in [0.15, 0.2) is 11.5 Å². The van der Waals surface area contributed by atoms with Crippen LogP contribution in [0.1, 0.15) is 28.8 Å². The van der Waals surface area contributed by atoms with Crippen molar-refractivity contribution in [1.82, 2.24) is 14.5 Å². The van der Waals surface area contributed by atoms with Crippen LogP contribution in [0.2, 0.25) is 0 Å². The Balaban J connectivity index is 1.24. The van der Waals surface area contributed by atoms with E-state index >= 15 is 0 Å². The first-order valence-corrected chi connectivity index (χ1v) is 14.8. The number of aromatic nitrogens is 3. The van der Waals surface area contributed by atoms with Gasteiger partial charge in [-0.1, -0.05) is 29.8 Å². The SMILES string of the molecule is COc1cc2nccc(Oc3ccc(NC(=O)c4cn(CC5CCOCC5)cc(-c5ccc(C)cc5)c4=O)nc3)c2cc1OC. The third-order valence-corrected chi connectivity index (χ3v) is 7.91. The lowest BCUT2D eigenvalue weighted by Crippen LogP contribution is -2.27. The molecule has 5 aromatic rings. The topological polar surface area (TPSA) is 114 Å². The maximum atomic E-state index is 13.6. The van der Waals surface area contributed by atoms with Crippen LogP contribution < -0.4 is 25.0 Å². The lowest BCUT2D eigenvalue weighted by Gasteiger charge is -2.23. The van der Waals surface area contributed by atoms with Crippen LogP contribution in [0, 0.1) is 12.8 Å². The molecule has 230 valence electrons. The molecule has 45 heavy (non-hydrogen) atoms. The second-order valence-corrected chi connectivity index (χ2v) is 11.0. The van der Waals surface area contributed by atoms with Gasteiger partial charge in [0, 0.05) is 55.4 Å². The fourth-order valence-corrected chi connectivity index (χ4v) is 5.43. The zero-order chi connectivity index (χ0) is 31.3. The molecule has 2 aromatic carbocycles. The molecule has 3 aromatic heterocycles. The fraction of sp³-hybridized carbons (Fsp3) is 0.257. The fourth-order valence-electron chi connectivity index (χ4n) is 5.43. The first-order chi connectivity index (χ1) is 21.9. The second-order valence-electron chi connectivity index (χ2n) is 11.0. The molecule has 1 saturated heterocycles. The van der Waals surface area contributed by atoms with E-state index in [9.17, 15) is 9.59 Å². The molecule has 0 unspecified atom stereocenters. The van der Waals surface area contributed by atoms with E-state index in [0.29, 0.717) is 59.8 Å². The standard InChI is InChI=1S/C35H34N4O6/c1-22-4-6-24(7-5-22)27-20-39(19-23-11-14-44-15-12-23)21-28(34(27)40)35(41)38-33-9-8-25(18-37-33)45-30-10-13-36-29-17-32(43-3)31(42-2)16-26(29)30/h4-10,13,16-18,20-21,23H,11-12,14-15,19H2,1-3H3,(H,37,38,41). The zero-order valence-corrected chi connectivity index (χ0v) is 25.4. The molecular weight excluding hydrogens is 572 g/mol. The molecule has 10 heteroatoms. The first-order valence-electron chi connectivity index (χ1n) is 14.8. The van der Waals surface area contributed by atoms with Crippen molar-refractivity contribution >= 4 is 22.6 Å². The molecule has 6 rings (SSSR count). The quantitative estimate of drug-likeness (QED) is 0.209. The van der Waals surface area contributed by atoms with Crippen LogP contribution in [0.5, 0.6) is 23.0 Å². The van der Waals surface area contributed by atoms with Crippen molar-refractivity contribution < 1.29 is 23.7 Å². The summed E-state index contributed by atoms with van der Waals surface area (Å²) in [6.07, 6.45) is 8.50. The van der Waals surface area contributed by atoms with Gasteiger partial charge in [-0.3, -0.25) is 14.6 Å². The van der Waals surface area contributed by atoms with Crippen LogP contribution in [0.4, 0.5) is 5.82 Å². The summed E-state index contributed by atoms with van der Waals surface area (Å²) in [5, 5.41) is 3.52. The maximum Gasteiger partial charge on any atom is 0.262 e. The Morgan fingerprint density at radius 2 is 1.71 bits per heavy atom. The van der Waals surface area contributed by atoms with Crippen molar-refractivity contribution in [3.05, 3.63) is 101 Å². The van der Waals surface area contributed by atoms with Gasteiger partial charge in [0.25, 0.3) is 5.91 Å². The molecular formula is C35H34N4O6. The van der Waals surface area contributed by atoms with Crippen LogP contribution >= 0.6 is 0 Å². The number of carbonyl (C=O) groups excluding carboxylic acids is 1. The van der Waals surface area contributed by atoms with Crippen molar-refractivity contribution in [2.45, 2.75) is 26.3 Å². The van der Waals surface area contributed by atoms with Crippen LogP contribution in [0.25, 0.3) is 22.0 Å². The largest absolute Gasteiger partial charge is 0.493 e. The van der Waals surface area contributed by atoms with Crippen molar-refractivity contribution in [3.63, 3.8) is 0 Å². The van der Waals surface area contributed by atoms with E-state index in [1.807, 2.05) is 42.0 Å². The number of methoxy groups -OCH3 is 2. The van der Waals surface area contributed by atoms with Crippen molar-refractivity contribution in [2.24, 2.45) is 5.92 Å². The summed E-state index contributed by atoms with van der Waals surface area (Å²) in [5.41, 5.74) is 2.72. The number of aryl methyl sites for hydroxylation is 1.